The predicted molar refractivity (Wildman–Crippen MR) is 58.7 cm³/mol. The lowest BCUT2D eigenvalue weighted by atomic mass is 10.2. The molecule has 0 aliphatic rings. The average molecular weight is 218 g/mol. The highest BCUT2D eigenvalue weighted by Gasteiger charge is 2.14. The fourth-order valence-electron chi connectivity index (χ4n) is 0.597. The number of carbonyl (C=O) groups is 2. The summed E-state index contributed by atoms with van der Waals surface area (Å²) in [7, 11) is 0. The normalized spacial score (nSPS) is 9.93. The second-order valence-electron chi connectivity index (χ2n) is 4.08. The van der Waals surface area contributed by atoms with Gasteiger partial charge in [-0.1, -0.05) is 13.8 Å². The number of carboxylic acid groups (broad SMARTS) is 1. The van der Waals surface area contributed by atoms with Crippen LogP contribution in [0.2, 0.25) is 0 Å². The fourth-order valence-corrected chi connectivity index (χ4v) is 0.597. The summed E-state index contributed by atoms with van der Waals surface area (Å²) in [6.45, 7) is 9.19. The molecule has 0 atom stereocenters. The van der Waals surface area contributed by atoms with Crippen molar-refractivity contribution in [2.75, 3.05) is 0 Å². The zero-order valence-electron chi connectivity index (χ0n) is 10.3. The monoisotopic (exact) mass is 218 g/mol. The van der Waals surface area contributed by atoms with Gasteiger partial charge in [-0.3, -0.25) is 9.59 Å². The number of esters is 1. The Bertz CT molecular complexity index is 191. The molecule has 0 aromatic heterocycles. The van der Waals surface area contributed by atoms with Gasteiger partial charge in [-0.15, -0.1) is 0 Å². The molecule has 90 valence electrons. The first kappa shape index (κ1) is 16.4. The van der Waals surface area contributed by atoms with Crippen LogP contribution in [-0.4, -0.2) is 22.6 Å². The second kappa shape index (κ2) is 8.26. The van der Waals surface area contributed by atoms with E-state index in [0.29, 0.717) is 6.42 Å². The largest absolute Gasteiger partial charge is 0.481 e. The maximum atomic E-state index is 10.8. The molecule has 0 amide bonds. The Morgan fingerprint density at radius 1 is 1.20 bits per heavy atom. The van der Waals surface area contributed by atoms with Crippen molar-refractivity contribution in [3.8, 4) is 0 Å². The molecule has 4 heteroatoms. The van der Waals surface area contributed by atoms with Crippen LogP contribution < -0.4 is 0 Å². The van der Waals surface area contributed by atoms with E-state index < -0.39 is 5.97 Å². The highest BCUT2D eigenvalue weighted by Crippen LogP contribution is 2.08. The summed E-state index contributed by atoms with van der Waals surface area (Å²) in [4.78, 5) is 20.2. The van der Waals surface area contributed by atoms with Crippen LogP contribution in [0.15, 0.2) is 0 Å². The van der Waals surface area contributed by atoms with Gasteiger partial charge in [0.1, 0.15) is 5.60 Å². The summed E-state index contributed by atoms with van der Waals surface area (Å²) in [5.74, 6) is -0.847. The van der Waals surface area contributed by atoms with Gasteiger partial charge in [0.2, 0.25) is 0 Å². The lowest BCUT2D eigenvalue weighted by Crippen LogP contribution is -2.23. The predicted octanol–water partition coefficient (Wildman–Crippen LogP) is 2.61. The van der Waals surface area contributed by atoms with E-state index in [4.69, 9.17) is 9.84 Å². The molecular formula is C11H22O4. The molecule has 0 aromatic carbocycles. The van der Waals surface area contributed by atoms with Gasteiger partial charge in [0.05, 0.1) is 0 Å². The highest BCUT2D eigenvalue weighted by atomic mass is 16.6. The molecule has 0 aliphatic heterocycles. The number of hydrogen-bond acceptors (Lipinski definition) is 3. The topological polar surface area (TPSA) is 63.6 Å². The van der Waals surface area contributed by atoms with E-state index in [0.717, 1.165) is 6.42 Å². The summed E-state index contributed by atoms with van der Waals surface area (Å²) < 4.78 is 5.04. The van der Waals surface area contributed by atoms with Crippen LogP contribution in [-0.2, 0) is 14.3 Å². The molecule has 0 rings (SSSR count). The molecule has 0 radical (unpaired) electrons. The van der Waals surface area contributed by atoms with Gasteiger partial charge < -0.3 is 9.84 Å². The number of ether oxygens (including phenoxy) is 1. The average Bonchev–Trinajstić information content (AvgIpc) is 2.02. The number of carbonyl (C=O) groups excluding carboxylic acids is 1. The van der Waals surface area contributed by atoms with Crippen molar-refractivity contribution in [3.05, 3.63) is 0 Å². The van der Waals surface area contributed by atoms with Gasteiger partial charge in [0.25, 0.3) is 0 Å². The van der Waals surface area contributed by atoms with E-state index in [1.807, 2.05) is 27.7 Å². The van der Waals surface area contributed by atoms with E-state index in [1.165, 1.54) is 0 Å². The maximum Gasteiger partial charge on any atom is 0.306 e. The first-order chi connectivity index (χ1) is 6.72. The third-order valence-electron chi connectivity index (χ3n) is 1.18. The van der Waals surface area contributed by atoms with Crippen LogP contribution in [0.4, 0.5) is 0 Å². The first-order valence-electron chi connectivity index (χ1n) is 5.16. The molecule has 0 heterocycles. The minimum absolute atomic E-state index is 0.102. The fraction of sp³-hybridized carbons (Fsp3) is 0.818. The Balaban J connectivity index is 0. The molecule has 1 N–H and O–H groups in total. The van der Waals surface area contributed by atoms with Gasteiger partial charge in [0, 0.05) is 12.8 Å². The van der Waals surface area contributed by atoms with Gasteiger partial charge >= 0.3 is 11.9 Å². The van der Waals surface area contributed by atoms with E-state index in [2.05, 4.69) is 0 Å². The zero-order chi connectivity index (χ0) is 12.5. The van der Waals surface area contributed by atoms with Gasteiger partial charge in [-0.2, -0.15) is 0 Å². The minimum atomic E-state index is -0.745. The van der Waals surface area contributed by atoms with Crippen molar-refractivity contribution in [1.29, 1.82) is 0 Å². The number of carboxylic acids is 1. The van der Waals surface area contributed by atoms with Gasteiger partial charge in [-0.25, -0.2) is 0 Å². The Kier molecular flexibility index (Phi) is 9.02. The molecule has 0 aromatic rings. The summed E-state index contributed by atoms with van der Waals surface area (Å²) in [6.07, 6.45) is 1.60. The molecule has 0 saturated carbocycles. The first-order valence-corrected chi connectivity index (χ1v) is 5.16. The zero-order valence-corrected chi connectivity index (χ0v) is 10.3. The SMILES string of the molecule is CCC(=O)O.CCCC(=O)OC(C)(C)C. The van der Waals surface area contributed by atoms with Crippen molar-refractivity contribution in [3.63, 3.8) is 0 Å². The summed E-state index contributed by atoms with van der Waals surface area (Å²) in [5.41, 5.74) is -0.327. The Morgan fingerprint density at radius 3 is 1.80 bits per heavy atom. The quantitative estimate of drug-likeness (QED) is 0.739. The van der Waals surface area contributed by atoms with Crippen LogP contribution in [0.3, 0.4) is 0 Å². The Labute approximate surface area is 91.6 Å². The highest BCUT2D eigenvalue weighted by molar-refractivity contribution is 5.69. The summed E-state index contributed by atoms with van der Waals surface area (Å²) in [5, 5.41) is 7.72. The molecule has 0 unspecified atom stereocenters. The Morgan fingerprint density at radius 2 is 1.60 bits per heavy atom. The van der Waals surface area contributed by atoms with E-state index in [-0.39, 0.29) is 18.0 Å². The van der Waals surface area contributed by atoms with Crippen LogP contribution in [0.1, 0.15) is 53.9 Å². The minimum Gasteiger partial charge on any atom is -0.481 e. The maximum absolute atomic E-state index is 10.8. The third-order valence-corrected chi connectivity index (χ3v) is 1.18. The lowest BCUT2D eigenvalue weighted by Gasteiger charge is -2.18. The van der Waals surface area contributed by atoms with Crippen LogP contribution in [0.25, 0.3) is 0 Å². The second-order valence-corrected chi connectivity index (χ2v) is 4.08. The van der Waals surface area contributed by atoms with E-state index in [9.17, 15) is 9.59 Å². The molecule has 4 nitrogen and oxygen atoms in total. The molecule has 0 saturated heterocycles. The molecule has 0 fully saturated rings. The smallest absolute Gasteiger partial charge is 0.306 e. The van der Waals surface area contributed by atoms with Crippen molar-refractivity contribution in [2.24, 2.45) is 0 Å². The van der Waals surface area contributed by atoms with Crippen molar-refractivity contribution < 1.29 is 19.4 Å². The van der Waals surface area contributed by atoms with Gasteiger partial charge in [0.15, 0.2) is 0 Å². The number of hydrogen-bond donors (Lipinski definition) is 1. The molecular weight excluding hydrogens is 196 g/mol. The van der Waals surface area contributed by atoms with E-state index >= 15 is 0 Å². The molecule has 15 heavy (non-hydrogen) atoms. The van der Waals surface area contributed by atoms with Crippen LogP contribution >= 0.6 is 0 Å². The van der Waals surface area contributed by atoms with Crippen molar-refractivity contribution in [1.82, 2.24) is 0 Å². The number of aliphatic carboxylic acids is 1. The van der Waals surface area contributed by atoms with Crippen molar-refractivity contribution >= 4 is 11.9 Å². The summed E-state index contributed by atoms with van der Waals surface area (Å²) in [6, 6.07) is 0. The third kappa shape index (κ3) is 19.4. The van der Waals surface area contributed by atoms with E-state index in [1.54, 1.807) is 6.92 Å². The Hall–Kier alpha value is -1.06. The van der Waals surface area contributed by atoms with Crippen molar-refractivity contribution in [2.45, 2.75) is 59.5 Å². The molecule has 0 aliphatic carbocycles. The molecule has 0 bridgehead atoms. The summed E-state index contributed by atoms with van der Waals surface area (Å²) >= 11 is 0. The van der Waals surface area contributed by atoms with Crippen LogP contribution in [0, 0.1) is 0 Å². The van der Waals surface area contributed by atoms with Crippen LogP contribution in [0.5, 0.6) is 0 Å². The van der Waals surface area contributed by atoms with Gasteiger partial charge in [-0.05, 0) is 27.2 Å². The lowest BCUT2D eigenvalue weighted by molar-refractivity contribution is -0.154. The standard InChI is InChI=1S/C8H16O2.C3H6O2/c1-5-6-7(9)10-8(2,3)4;1-2-3(4)5/h5-6H2,1-4H3;2H2,1H3,(H,4,5). The number of rotatable bonds is 3. The molecule has 0 spiro atoms.